The molecular formula is C15H18N2O4. The van der Waals surface area contributed by atoms with E-state index in [9.17, 15) is 14.4 Å². The SMILES string of the molecule is CN(CCC(=O)O)C(=O)CN1C(=O)CCc2ccccc21. The highest BCUT2D eigenvalue weighted by Crippen LogP contribution is 2.27. The standard InChI is InChI=1S/C15H18N2O4/c1-16(9-8-15(20)21)14(19)10-17-12-5-3-2-4-11(12)6-7-13(17)18/h2-5H,6-10H2,1H3,(H,20,21). The number of fused-ring (bicyclic) bond motifs is 1. The summed E-state index contributed by atoms with van der Waals surface area (Å²) in [5, 5.41) is 8.64. The van der Waals surface area contributed by atoms with Crippen LogP contribution in [0, 0.1) is 0 Å². The van der Waals surface area contributed by atoms with Crippen molar-refractivity contribution in [2.45, 2.75) is 19.3 Å². The number of amides is 2. The number of likely N-dealkylation sites (N-methyl/N-ethyl adjacent to an activating group) is 1. The summed E-state index contributed by atoms with van der Waals surface area (Å²) < 4.78 is 0. The monoisotopic (exact) mass is 290 g/mol. The molecule has 0 unspecified atom stereocenters. The van der Waals surface area contributed by atoms with Gasteiger partial charge in [-0.25, -0.2) is 0 Å². The largest absolute Gasteiger partial charge is 0.481 e. The van der Waals surface area contributed by atoms with Crippen molar-refractivity contribution in [2.24, 2.45) is 0 Å². The van der Waals surface area contributed by atoms with Gasteiger partial charge in [-0.3, -0.25) is 14.4 Å². The first-order valence-corrected chi connectivity index (χ1v) is 6.83. The average molecular weight is 290 g/mol. The Kier molecular flexibility index (Phi) is 4.57. The number of nitrogens with zero attached hydrogens (tertiary/aromatic N) is 2. The molecular weight excluding hydrogens is 272 g/mol. The van der Waals surface area contributed by atoms with E-state index in [1.54, 1.807) is 7.05 Å². The van der Waals surface area contributed by atoms with Crippen LogP contribution < -0.4 is 4.90 Å². The van der Waals surface area contributed by atoms with Crippen molar-refractivity contribution in [1.82, 2.24) is 4.90 Å². The normalized spacial score (nSPS) is 13.8. The number of hydrogen-bond donors (Lipinski definition) is 1. The lowest BCUT2D eigenvalue weighted by Gasteiger charge is -2.30. The fraction of sp³-hybridized carbons (Fsp3) is 0.400. The van der Waals surface area contributed by atoms with Crippen LogP contribution in [0.1, 0.15) is 18.4 Å². The molecule has 0 aliphatic carbocycles. The maximum Gasteiger partial charge on any atom is 0.305 e. The molecule has 0 atom stereocenters. The summed E-state index contributed by atoms with van der Waals surface area (Å²) in [6.07, 6.45) is 0.977. The first-order valence-electron chi connectivity index (χ1n) is 6.83. The number of carbonyl (C=O) groups excluding carboxylic acids is 2. The summed E-state index contributed by atoms with van der Waals surface area (Å²) in [6, 6.07) is 7.53. The van der Waals surface area contributed by atoms with Crippen LogP contribution in [0.5, 0.6) is 0 Å². The van der Waals surface area contributed by atoms with E-state index in [-0.39, 0.29) is 31.3 Å². The van der Waals surface area contributed by atoms with E-state index in [0.29, 0.717) is 12.8 Å². The van der Waals surface area contributed by atoms with Gasteiger partial charge in [0.15, 0.2) is 0 Å². The molecule has 112 valence electrons. The molecule has 1 heterocycles. The zero-order chi connectivity index (χ0) is 15.4. The third-order valence-electron chi connectivity index (χ3n) is 3.57. The van der Waals surface area contributed by atoms with Gasteiger partial charge in [-0.2, -0.15) is 0 Å². The lowest BCUT2D eigenvalue weighted by atomic mass is 10.0. The van der Waals surface area contributed by atoms with Gasteiger partial charge in [-0.1, -0.05) is 18.2 Å². The van der Waals surface area contributed by atoms with Gasteiger partial charge in [0.2, 0.25) is 11.8 Å². The van der Waals surface area contributed by atoms with Crippen LogP contribution in [0.15, 0.2) is 24.3 Å². The zero-order valence-corrected chi connectivity index (χ0v) is 11.9. The minimum atomic E-state index is -0.950. The molecule has 6 heteroatoms. The minimum absolute atomic E-state index is 0.0496. The molecule has 1 aromatic rings. The predicted octanol–water partition coefficient (Wildman–Crippen LogP) is 0.899. The second kappa shape index (κ2) is 6.39. The quantitative estimate of drug-likeness (QED) is 0.874. The number of carboxylic acid groups (broad SMARTS) is 1. The molecule has 21 heavy (non-hydrogen) atoms. The van der Waals surface area contributed by atoms with Crippen LogP contribution in [0.25, 0.3) is 0 Å². The summed E-state index contributed by atoms with van der Waals surface area (Å²) in [5.41, 5.74) is 1.83. The van der Waals surface area contributed by atoms with E-state index >= 15 is 0 Å². The van der Waals surface area contributed by atoms with Gasteiger partial charge in [0.25, 0.3) is 0 Å². The van der Waals surface area contributed by atoms with Crippen LogP contribution in [0.3, 0.4) is 0 Å². The first-order chi connectivity index (χ1) is 9.99. The van der Waals surface area contributed by atoms with Crippen LogP contribution in [-0.2, 0) is 20.8 Å². The van der Waals surface area contributed by atoms with E-state index < -0.39 is 5.97 Å². The Labute approximate surface area is 123 Å². The highest BCUT2D eigenvalue weighted by Gasteiger charge is 2.26. The lowest BCUT2D eigenvalue weighted by Crippen LogP contribution is -2.44. The topological polar surface area (TPSA) is 77.9 Å². The number of aliphatic carboxylic acids is 1. The summed E-state index contributed by atoms with van der Waals surface area (Å²) in [6.45, 7) is 0.0871. The van der Waals surface area contributed by atoms with Crippen LogP contribution >= 0.6 is 0 Å². The number of carbonyl (C=O) groups is 3. The molecule has 0 saturated heterocycles. The number of hydrogen-bond acceptors (Lipinski definition) is 3. The number of rotatable bonds is 5. The molecule has 0 radical (unpaired) electrons. The van der Waals surface area contributed by atoms with E-state index in [4.69, 9.17) is 5.11 Å². The van der Waals surface area contributed by atoms with Crippen molar-refractivity contribution in [1.29, 1.82) is 0 Å². The second-order valence-electron chi connectivity index (χ2n) is 5.07. The molecule has 2 amide bonds. The van der Waals surface area contributed by atoms with E-state index in [0.717, 1.165) is 11.3 Å². The Hall–Kier alpha value is -2.37. The van der Waals surface area contributed by atoms with Gasteiger partial charge < -0.3 is 14.9 Å². The Bertz CT molecular complexity index is 571. The summed E-state index contributed by atoms with van der Waals surface area (Å²) in [5.74, 6) is -1.29. The molecule has 1 N–H and O–H groups in total. The number of anilines is 1. The summed E-state index contributed by atoms with van der Waals surface area (Å²) in [4.78, 5) is 37.5. The van der Waals surface area contributed by atoms with Gasteiger partial charge in [-0.05, 0) is 18.1 Å². The maximum absolute atomic E-state index is 12.1. The fourth-order valence-corrected chi connectivity index (χ4v) is 2.31. The molecule has 0 fully saturated rings. The fourth-order valence-electron chi connectivity index (χ4n) is 2.31. The Morgan fingerprint density at radius 1 is 1.29 bits per heavy atom. The van der Waals surface area contributed by atoms with Crippen LogP contribution in [-0.4, -0.2) is 47.9 Å². The maximum atomic E-state index is 12.1. The van der Waals surface area contributed by atoms with Gasteiger partial charge in [0.05, 0.1) is 6.42 Å². The summed E-state index contributed by atoms with van der Waals surface area (Å²) >= 11 is 0. The first kappa shape index (κ1) is 15.0. The number of benzene rings is 1. The van der Waals surface area contributed by atoms with Crippen molar-refractivity contribution in [3.05, 3.63) is 29.8 Å². The number of para-hydroxylation sites is 1. The van der Waals surface area contributed by atoms with Crippen molar-refractivity contribution < 1.29 is 19.5 Å². The van der Waals surface area contributed by atoms with Crippen molar-refractivity contribution in [2.75, 3.05) is 25.0 Å². The molecule has 0 spiro atoms. The molecule has 0 bridgehead atoms. The Morgan fingerprint density at radius 3 is 2.71 bits per heavy atom. The van der Waals surface area contributed by atoms with Crippen molar-refractivity contribution in [3.8, 4) is 0 Å². The molecule has 6 nitrogen and oxygen atoms in total. The highest BCUT2D eigenvalue weighted by atomic mass is 16.4. The third kappa shape index (κ3) is 3.59. The summed E-state index contributed by atoms with van der Waals surface area (Å²) in [7, 11) is 1.55. The molecule has 0 saturated carbocycles. The van der Waals surface area contributed by atoms with E-state index in [2.05, 4.69) is 0 Å². The number of carboxylic acids is 1. The van der Waals surface area contributed by atoms with Gasteiger partial charge in [-0.15, -0.1) is 0 Å². The van der Waals surface area contributed by atoms with Gasteiger partial charge in [0.1, 0.15) is 6.54 Å². The molecule has 1 aliphatic rings. The third-order valence-corrected chi connectivity index (χ3v) is 3.57. The predicted molar refractivity (Wildman–Crippen MR) is 77.0 cm³/mol. The molecule has 1 aliphatic heterocycles. The Morgan fingerprint density at radius 2 is 2.00 bits per heavy atom. The highest BCUT2D eigenvalue weighted by molar-refractivity contribution is 6.01. The van der Waals surface area contributed by atoms with Crippen LogP contribution in [0.4, 0.5) is 5.69 Å². The lowest BCUT2D eigenvalue weighted by molar-refractivity contribution is -0.138. The van der Waals surface area contributed by atoms with Crippen molar-refractivity contribution in [3.63, 3.8) is 0 Å². The minimum Gasteiger partial charge on any atom is -0.481 e. The van der Waals surface area contributed by atoms with Crippen molar-refractivity contribution >= 4 is 23.5 Å². The van der Waals surface area contributed by atoms with E-state index in [1.807, 2.05) is 24.3 Å². The van der Waals surface area contributed by atoms with Gasteiger partial charge in [0, 0.05) is 25.7 Å². The smallest absolute Gasteiger partial charge is 0.305 e. The molecule has 2 rings (SSSR count). The molecule has 0 aromatic heterocycles. The average Bonchev–Trinajstić information content (AvgIpc) is 2.47. The van der Waals surface area contributed by atoms with Gasteiger partial charge >= 0.3 is 5.97 Å². The molecule has 1 aromatic carbocycles. The second-order valence-corrected chi connectivity index (χ2v) is 5.07. The Balaban J connectivity index is 2.06. The number of aryl methyl sites for hydroxylation is 1. The van der Waals surface area contributed by atoms with E-state index in [1.165, 1.54) is 9.80 Å². The van der Waals surface area contributed by atoms with Crippen LogP contribution in [0.2, 0.25) is 0 Å². The zero-order valence-electron chi connectivity index (χ0n) is 11.9.